The minimum atomic E-state index is -4.71. The van der Waals surface area contributed by atoms with Gasteiger partial charge in [0.05, 0.1) is 42.9 Å². The van der Waals surface area contributed by atoms with Crippen molar-refractivity contribution in [1.29, 1.82) is 0 Å². The van der Waals surface area contributed by atoms with Crippen LogP contribution in [0.25, 0.3) is 33.6 Å². The first-order valence-corrected chi connectivity index (χ1v) is 16.0. The summed E-state index contributed by atoms with van der Waals surface area (Å²) in [6.45, 7) is 12.1. The Morgan fingerprint density at radius 3 is 2.49 bits per heavy atom. The van der Waals surface area contributed by atoms with Gasteiger partial charge in [-0.05, 0) is 48.8 Å². The van der Waals surface area contributed by atoms with Crippen molar-refractivity contribution in [1.82, 2.24) is 24.7 Å². The lowest BCUT2D eigenvalue weighted by molar-refractivity contribution is -0.144. The molecule has 218 valence electrons. The highest BCUT2D eigenvalue weighted by Gasteiger charge is 2.42. The molecule has 0 bridgehead atoms. The van der Waals surface area contributed by atoms with Gasteiger partial charge in [0.25, 0.3) is 0 Å². The number of methoxy groups -OCH3 is 1. The topological polar surface area (TPSA) is 94.9 Å². The summed E-state index contributed by atoms with van der Waals surface area (Å²) < 4.78 is 56.1. The highest BCUT2D eigenvalue weighted by molar-refractivity contribution is 6.74. The third-order valence-corrected chi connectivity index (χ3v) is 12.0. The van der Waals surface area contributed by atoms with Crippen LogP contribution in [0.5, 0.6) is 0 Å². The van der Waals surface area contributed by atoms with Crippen molar-refractivity contribution >= 4 is 14.3 Å². The molecule has 0 saturated heterocycles. The van der Waals surface area contributed by atoms with E-state index in [1.165, 1.54) is 25.8 Å². The highest BCUT2D eigenvalue weighted by atomic mass is 28.4. The Bertz CT molecular complexity index is 1520. The van der Waals surface area contributed by atoms with E-state index in [2.05, 4.69) is 53.9 Å². The minimum absolute atomic E-state index is 0.0705. The maximum Gasteiger partial charge on any atom is 0.433 e. The molecular formula is C29H34F3N5O3Si. The molecule has 0 aliphatic heterocycles. The van der Waals surface area contributed by atoms with Crippen molar-refractivity contribution in [3.05, 3.63) is 66.5 Å². The number of halogens is 3. The van der Waals surface area contributed by atoms with Gasteiger partial charge in [-0.25, -0.2) is 14.8 Å². The van der Waals surface area contributed by atoms with Gasteiger partial charge in [-0.2, -0.15) is 18.3 Å². The van der Waals surface area contributed by atoms with E-state index in [-0.39, 0.29) is 22.8 Å². The summed E-state index contributed by atoms with van der Waals surface area (Å²) in [4.78, 5) is 23.5. The largest absolute Gasteiger partial charge is 0.465 e. The average molecular weight is 586 g/mol. The number of nitrogens with one attached hydrogen (secondary N) is 1. The molecular weight excluding hydrogens is 551 g/mol. The van der Waals surface area contributed by atoms with Crippen LogP contribution in [0, 0.1) is 0 Å². The van der Waals surface area contributed by atoms with E-state index in [0.29, 0.717) is 27.9 Å². The van der Waals surface area contributed by atoms with Gasteiger partial charge in [0.15, 0.2) is 14.0 Å². The number of benzene rings is 1. The molecule has 3 aromatic heterocycles. The van der Waals surface area contributed by atoms with Crippen LogP contribution in [0.4, 0.5) is 13.2 Å². The van der Waals surface area contributed by atoms with Gasteiger partial charge < -0.3 is 14.1 Å². The fourth-order valence-corrected chi connectivity index (χ4v) is 5.90. The summed E-state index contributed by atoms with van der Waals surface area (Å²) in [6.07, 6.45) is 0.459. The number of hydrogen-bond acceptors (Lipinski definition) is 6. The molecule has 0 amide bonds. The number of carbonyl (C=O) groups is 1. The van der Waals surface area contributed by atoms with E-state index < -0.39 is 32.3 Å². The fourth-order valence-electron chi connectivity index (χ4n) is 4.47. The van der Waals surface area contributed by atoms with E-state index in [1.54, 1.807) is 43.5 Å². The Morgan fingerprint density at radius 2 is 1.88 bits per heavy atom. The van der Waals surface area contributed by atoms with Gasteiger partial charge in [0.2, 0.25) is 0 Å². The van der Waals surface area contributed by atoms with Crippen LogP contribution in [-0.2, 0) is 21.9 Å². The van der Waals surface area contributed by atoms with Crippen molar-refractivity contribution < 1.29 is 27.1 Å². The summed E-state index contributed by atoms with van der Waals surface area (Å²) in [7, 11) is -0.939. The number of ether oxygens (including phenoxy) is 1. The van der Waals surface area contributed by atoms with E-state index in [1.807, 2.05) is 0 Å². The first-order chi connectivity index (χ1) is 19.1. The lowest BCUT2D eigenvalue weighted by Gasteiger charge is -2.38. The van der Waals surface area contributed by atoms with Crippen LogP contribution < -0.4 is 0 Å². The first-order valence-electron chi connectivity index (χ1n) is 13.1. The van der Waals surface area contributed by atoms with Crippen LogP contribution in [0.15, 0.2) is 55.2 Å². The van der Waals surface area contributed by atoms with Gasteiger partial charge in [-0.15, -0.1) is 0 Å². The Labute approximate surface area is 238 Å². The summed E-state index contributed by atoms with van der Waals surface area (Å²) >= 11 is 0. The molecule has 1 atom stereocenters. The molecule has 12 heteroatoms. The molecule has 0 aliphatic carbocycles. The molecule has 3 heterocycles. The number of esters is 1. The minimum Gasteiger partial charge on any atom is -0.465 e. The highest BCUT2D eigenvalue weighted by Crippen LogP contribution is 2.44. The molecule has 0 spiro atoms. The van der Waals surface area contributed by atoms with Crippen LogP contribution >= 0.6 is 0 Å². The first kappa shape index (κ1) is 30.2. The van der Waals surface area contributed by atoms with E-state index in [9.17, 15) is 18.0 Å². The standard InChI is InChI=1S/C29H34F3N5O3Si/c1-18(40-41(6,7)28(2,3)4)16-37-26(29(30,31)32)22(15-36-37)25-24(23-11-12-33-17-35-23)21(14-34-25)19-9-8-10-20(13-19)27(38)39-5/h8-15,17-18,34H,16H2,1-7H3/t18-/m1/s1. The summed E-state index contributed by atoms with van der Waals surface area (Å²) in [5.74, 6) is -0.527. The van der Waals surface area contributed by atoms with E-state index >= 15 is 0 Å². The zero-order valence-corrected chi connectivity index (χ0v) is 25.1. The maximum absolute atomic E-state index is 14.7. The molecule has 41 heavy (non-hydrogen) atoms. The molecule has 0 fully saturated rings. The lowest BCUT2D eigenvalue weighted by Crippen LogP contribution is -2.44. The Kier molecular flexibility index (Phi) is 8.28. The van der Waals surface area contributed by atoms with Gasteiger partial charge in [-0.1, -0.05) is 32.9 Å². The van der Waals surface area contributed by atoms with Crippen LogP contribution in [-0.4, -0.2) is 52.2 Å². The predicted octanol–water partition coefficient (Wildman–Crippen LogP) is 7.22. The molecule has 0 radical (unpaired) electrons. The Balaban J connectivity index is 1.84. The number of alkyl halides is 3. The second-order valence-corrected chi connectivity index (χ2v) is 16.2. The SMILES string of the molecule is COC(=O)c1cccc(-c2c[nH]c(-c3cnn(C[C@@H](C)O[Si](C)(C)C(C)(C)C)c3C(F)(F)F)c2-c2ccncn2)c1. The molecule has 0 unspecified atom stereocenters. The number of H-pyrrole nitrogens is 1. The lowest BCUT2D eigenvalue weighted by atomic mass is 9.96. The van der Waals surface area contributed by atoms with Crippen LogP contribution in [0.2, 0.25) is 18.1 Å². The smallest absolute Gasteiger partial charge is 0.433 e. The monoisotopic (exact) mass is 585 g/mol. The van der Waals surface area contributed by atoms with Gasteiger partial charge in [-0.3, -0.25) is 4.68 Å². The number of aromatic amines is 1. The van der Waals surface area contributed by atoms with E-state index in [0.717, 1.165) is 4.68 Å². The van der Waals surface area contributed by atoms with Crippen molar-refractivity contribution in [3.63, 3.8) is 0 Å². The van der Waals surface area contributed by atoms with Crippen molar-refractivity contribution in [2.24, 2.45) is 0 Å². The quantitative estimate of drug-likeness (QED) is 0.173. The average Bonchev–Trinajstić information content (AvgIpc) is 3.52. The van der Waals surface area contributed by atoms with Crippen molar-refractivity contribution in [2.45, 2.75) is 64.7 Å². The summed E-state index contributed by atoms with van der Waals surface area (Å²) in [5, 5.41) is 4.08. The Morgan fingerprint density at radius 1 is 1.15 bits per heavy atom. The van der Waals surface area contributed by atoms with Gasteiger partial charge in [0, 0.05) is 29.1 Å². The summed E-state index contributed by atoms with van der Waals surface area (Å²) in [6, 6.07) is 8.29. The van der Waals surface area contributed by atoms with Crippen molar-refractivity contribution in [2.75, 3.05) is 7.11 Å². The molecule has 8 nitrogen and oxygen atoms in total. The number of carbonyl (C=O) groups excluding carboxylic acids is 1. The van der Waals surface area contributed by atoms with E-state index in [4.69, 9.17) is 9.16 Å². The number of nitrogens with zero attached hydrogens (tertiary/aromatic N) is 4. The van der Waals surface area contributed by atoms with Gasteiger partial charge in [0.1, 0.15) is 6.33 Å². The second kappa shape index (κ2) is 11.2. The zero-order chi connectivity index (χ0) is 30.2. The van der Waals surface area contributed by atoms with Crippen LogP contribution in [0.1, 0.15) is 43.7 Å². The third-order valence-electron chi connectivity index (χ3n) is 7.42. The third kappa shape index (κ3) is 6.28. The number of aromatic nitrogens is 5. The Hall–Kier alpha value is -3.77. The number of rotatable bonds is 8. The maximum atomic E-state index is 14.7. The predicted molar refractivity (Wildman–Crippen MR) is 153 cm³/mol. The summed E-state index contributed by atoms with van der Waals surface area (Å²) in [5.41, 5.74) is 1.47. The fraction of sp³-hybridized carbons (Fsp3) is 0.379. The van der Waals surface area contributed by atoms with Crippen molar-refractivity contribution in [3.8, 4) is 33.6 Å². The zero-order valence-electron chi connectivity index (χ0n) is 24.1. The molecule has 1 aromatic carbocycles. The second-order valence-electron chi connectivity index (χ2n) is 11.4. The molecule has 4 aromatic rings. The van der Waals surface area contributed by atoms with Gasteiger partial charge >= 0.3 is 12.1 Å². The molecule has 1 N–H and O–H groups in total. The molecule has 0 saturated carbocycles. The normalized spacial score (nSPS) is 13.3. The molecule has 0 aliphatic rings. The number of hydrogen-bond donors (Lipinski definition) is 1. The molecule has 4 rings (SSSR count). The van der Waals surface area contributed by atoms with Crippen LogP contribution in [0.3, 0.4) is 0 Å².